The number of anilines is 1. The fourth-order valence-corrected chi connectivity index (χ4v) is 2.02. The van der Waals surface area contributed by atoms with Gasteiger partial charge in [-0.15, -0.1) is 0 Å². The molecule has 0 aromatic heterocycles. The molecule has 2 aromatic carbocycles. The zero-order valence-electron chi connectivity index (χ0n) is 11.7. The first-order valence-corrected chi connectivity index (χ1v) is 6.85. The highest BCUT2D eigenvalue weighted by Crippen LogP contribution is 2.09. The van der Waals surface area contributed by atoms with Crippen LogP contribution in [0.1, 0.15) is 18.1 Å². The Morgan fingerprint density at radius 2 is 1.65 bits per heavy atom. The smallest absolute Gasteiger partial charge is 0.221 e. The summed E-state index contributed by atoms with van der Waals surface area (Å²) in [4.78, 5) is 10.9. The fraction of sp³-hybridized carbons (Fsp3) is 0.235. The summed E-state index contributed by atoms with van der Waals surface area (Å²) in [6.07, 6.45) is 1.03. The van der Waals surface area contributed by atoms with Crippen LogP contribution < -0.4 is 10.6 Å². The van der Waals surface area contributed by atoms with Crippen molar-refractivity contribution < 1.29 is 4.79 Å². The van der Waals surface area contributed by atoms with Crippen molar-refractivity contribution in [3.05, 3.63) is 65.7 Å². The molecule has 0 aliphatic heterocycles. The van der Waals surface area contributed by atoms with E-state index in [4.69, 9.17) is 0 Å². The van der Waals surface area contributed by atoms with Crippen molar-refractivity contribution >= 4 is 11.6 Å². The molecular weight excluding hydrogens is 248 g/mol. The third-order valence-corrected chi connectivity index (χ3v) is 3.04. The average Bonchev–Trinajstić information content (AvgIpc) is 2.46. The number of hydrogen-bond donors (Lipinski definition) is 2. The van der Waals surface area contributed by atoms with Crippen molar-refractivity contribution in [1.29, 1.82) is 0 Å². The molecule has 0 aliphatic carbocycles. The molecule has 2 rings (SSSR count). The minimum Gasteiger partial charge on any atom is -0.326 e. The van der Waals surface area contributed by atoms with Gasteiger partial charge in [0, 0.05) is 19.2 Å². The zero-order chi connectivity index (χ0) is 14.2. The predicted octanol–water partition coefficient (Wildman–Crippen LogP) is 2.98. The molecule has 0 radical (unpaired) electrons. The van der Waals surface area contributed by atoms with E-state index in [9.17, 15) is 4.79 Å². The van der Waals surface area contributed by atoms with Crippen LogP contribution in [0.2, 0.25) is 0 Å². The third-order valence-electron chi connectivity index (χ3n) is 3.04. The van der Waals surface area contributed by atoms with Crippen LogP contribution in [0.4, 0.5) is 5.69 Å². The van der Waals surface area contributed by atoms with Gasteiger partial charge in [-0.25, -0.2) is 0 Å². The van der Waals surface area contributed by atoms with Gasteiger partial charge in [0.15, 0.2) is 0 Å². The summed E-state index contributed by atoms with van der Waals surface area (Å²) in [6, 6.07) is 18.4. The van der Waals surface area contributed by atoms with Gasteiger partial charge < -0.3 is 10.6 Å². The molecule has 2 aromatic rings. The van der Waals surface area contributed by atoms with E-state index in [-0.39, 0.29) is 5.91 Å². The minimum atomic E-state index is -0.0428. The van der Waals surface area contributed by atoms with Crippen LogP contribution in [-0.2, 0) is 17.8 Å². The largest absolute Gasteiger partial charge is 0.326 e. The van der Waals surface area contributed by atoms with Gasteiger partial charge in [-0.2, -0.15) is 0 Å². The normalized spacial score (nSPS) is 10.2. The van der Waals surface area contributed by atoms with Crippen LogP contribution in [0.3, 0.4) is 0 Å². The molecule has 0 bridgehead atoms. The lowest BCUT2D eigenvalue weighted by Gasteiger charge is -2.07. The van der Waals surface area contributed by atoms with E-state index in [1.807, 2.05) is 30.3 Å². The Bertz CT molecular complexity index is 535. The molecule has 1 amide bonds. The summed E-state index contributed by atoms with van der Waals surface area (Å²) in [5.74, 6) is -0.0428. The first-order chi connectivity index (χ1) is 9.74. The van der Waals surface area contributed by atoms with Crippen molar-refractivity contribution in [1.82, 2.24) is 5.32 Å². The number of hydrogen-bond acceptors (Lipinski definition) is 2. The molecule has 0 unspecified atom stereocenters. The topological polar surface area (TPSA) is 41.1 Å². The van der Waals surface area contributed by atoms with Crippen LogP contribution in [0.15, 0.2) is 54.6 Å². The molecule has 0 saturated heterocycles. The van der Waals surface area contributed by atoms with E-state index in [0.29, 0.717) is 0 Å². The maximum atomic E-state index is 10.9. The number of carbonyl (C=O) groups excluding carboxylic acids is 1. The first-order valence-electron chi connectivity index (χ1n) is 6.85. The van der Waals surface area contributed by atoms with Gasteiger partial charge in [-0.05, 0) is 36.2 Å². The minimum absolute atomic E-state index is 0.0428. The van der Waals surface area contributed by atoms with E-state index < -0.39 is 0 Å². The fourth-order valence-electron chi connectivity index (χ4n) is 2.02. The molecule has 2 N–H and O–H groups in total. The summed E-state index contributed by atoms with van der Waals surface area (Å²) >= 11 is 0. The summed E-state index contributed by atoms with van der Waals surface area (Å²) in [5.41, 5.74) is 3.40. The molecule has 0 fully saturated rings. The van der Waals surface area contributed by atoms with E-state index in [1.54, 1.807) is 0 Å². The van der Waals surface area contributed by atoms with Crippen LogP contribution in [-0.4, -0.2) is 12.5 Å². The van der Waals surface area contributed by atoms with Crippen LogP contribution in [0, 0.1) is 0 Å². The highest BCUT2D eigenvalue weighted by Gasteiger charge is 1.97. The number of amides is 1. The van der Waals surface area contributed by atoms with Crippen molar-refractivity contribution in [2.24, 2.45) is 0 Å². The molecule has 0 heterocycles. The second-order valence-electron chi connectivity index (χ2n) is 4.79. The Hall–Kier alpha value is -2.13. The number of nitrogens with one attached hydrogen (secondary N) is 2. The molecule has 104 valence electrons. The second kappa shape index (κ2) is 7.46. The average molecular weight is 268 g/mol. The molecule has 0 spiro atoms. The lowest BCUT2D eigenvalue weighted by atomic mass is 10.1. The van der Waals surface area contributed by atoms with E-state index in [0.717, 1.165) is 25.2 Å². The zero-order valence-corrected chi connectivity index (χ0v) is 11.7. The quantitative estimate of drug-likeness (QED) is 0.791. The summed E-state index contributed by atoms with van der Waals surface area (Å²) in [7, 11) is 0. The van der Waals surface area contributed by atoms with Crippen molar-refractivity contribution in [3.8, 4) is 0 Å². The molecule has 3 heteroatoms. The van der Waals surface area contributed by atoms with Gasteiger partial charge in [-0.3, -0.25) is 4.79 Å². The van der Waals surface area contributed by atoms with E-state index >= 15 is 0 Å². The number of benzene rings is 2. The molecule has 0 saturated carbocycles. The van der Waals surface area contributed by atoms with Crippen LogP contribution in [0.25, 0.3) is 0 Å². The monoisotopic (exact) mass is 268 g/mol. The second-order valence-corrected chi connectivity index (χ2v) is 4.79. The van der Waals surface area contributed by atoms with Gasteiger partial charge in [-0.1, -0.05) is 42.5 Å². The lowest BCUT2D eigenvalue weighted by molar-refractivity contribution is -0.114. The van der Waals surface area contributed by atoms with Gasteiger partial charge in [0.1, 0.15) is 0 Å². The van der Waals surface area contributed by atoms with Crippen molar-refractivity contribution in [2.45, 2.75) is 19.9 Å². The Morgan fingerprint density at radius 3 is 2.30 bits per heavy atom. The predicted molar refractivity (Wildman–Crippen MR) is 82.6 cm³/mol. The van der Waals surface area contributed by atoms with Crippen molar-refractivity contribution in [2.75, 3.05) is 11.9 Å². The summed E-state index contributed by atoms with van der Waals surface area (Å²) < 4.78 is 0. The summed E-state index contributed by atoms with van der Waals surface area (Å²) in [6.45, 7) is 3.31. The molecule has 20 heavy (non-hydrogen) atoms. The third kappa shape index (κ3) is 4.86. The molecule has 0 aliphatic rings. The van der Waals surface area contributed by atoms with E-state index in [2.05, 4.69) is 34.9 Å². The number of carbonyl (C=O) groups is 1. The first kappa shape index (κ1) is 14.3. The maximum absolute atomic E-state index is 10.9. The molecule has 3 nitrogen and oxygen atoms in total. The Morgan fingerprint density at radius 1 is 0.950 bits per heavy atom. The maximum Gasteiger partial charge on any atom is 0.221 e. The van der Waals surface area contributed by atoms with Gasteiger partial charge >= 0.3 is 0 Å². The Balaban J connectivity index is 1.73. The molecule has 0 atom stereocenters. The van der Waals surface area contributed by atoms with Gasteiger partial charge in [0.05, 0.1) is 0 Å². The van der Waals surface area contributed by atoms with E-state index in [1.165, 1.54) is 18.1 Å². The van der Waals surface area contributed by atoms with Gasteiger partial charge in [0.2, 0.25) is 5.91 Å². The van der Waals surface area contributed by atoms with Crippen LogP contribution in [0.5, 0.6) is 0 Å². The highest BCUT2D eigenvalue weighted by molar-refractivity contribution is 5.88. The summed E-state index contributed by atoms with van der Waals surface area (Å²) in [5, 5.41) is 6.18. The highest BCUT2D eigenvalue weighted by atomic mass is 16.1. The Labute approximate surface area is 120 Å². The lowest BCUT2D eigenvalue weighted by Crippen LogP contribution is -2.16. The SMILES string of the molecule is CC(=O)Nc1ccc(CNCCc2ccccc2)cc1. The standard InChI is InChI=1S/C17H20N2O/c1-14(20)19-17-9-7-16(8-10-17)13-18-12-11-15-5-3-2-4-6-15/h2-10,18H,11-13H2,1H3,(H,19,20). The number of rotatable bonds is 6. The van der Waals surface area contributed by atoms with Gasteiger partial charge in [0.25, 0.3) is 0 Å². The molecular formula is C17H20N2O. The Kier molecular flexibility index (Phi) is 5.33. The van der Waals surface area contributed by atoms with Crippen molar-refractivity contribution in [3.63, 3.8) is 0 Å². The van der Waals surface area contributed by atoms with Crippen LogP contribution >= 0.6 is 0 Å².